The second-order valence-corrected chi connectivity index (χ2v) is 10.4. The summed E-state index contributed by atoms with van der Waals surface area (Å²) < 4.78 is 30.1. The maximum Gasteiger partial charge on any atom is 0.336 e. The third kappa shape index (κ3) is 4.36. The fourth-order valence-corrected chi connectivity index (χ4v) is 5.92. The van der Waals surface area contributed by atoms with Crippen LogP contribution in [-0.4, -0.2) is 62.1 Å². The maximum absolute atomic E-state index is 12.2. The van der Waals surface area contributed by atoms with Crippen LogP contribution in [0.2, 0.25) is 0 Å². The van der Waals surface area contributed by atoms with Crippen LogP contribution in [0.1, 0.15) is 38.5 Å². The summed E-state index contributed by atoms with van der Waals surface area (Å²) >= 11 is 5.68. The normalized spacial score (nSPS) is 29.0. The van der Waals surface area contributed by atoms with Crippen LogP contribution in [-0.2, 0) is 34.1 Å². The van der Waals surface area contributed by atoms with Crippen LogP contribution in [0.15, 0.2) is 0 Å². The predicted molar refractivity (Wildman–Crippen MR) is 99.9 cm³/mol. The third-order valence-electron chi connectivity index (χ3n) is 4.97. The molecule has 2 heterocycles. The molecule has 0 bridgehead atoms. The molecule has 3 fully saturated rings. The number of carbonyl (C=O) groups is 4. The molecule has 1 saturated carbocycles. The van der Waals surface area contributed by atoms with Crippen molar-refractivity contribution in [2.75, 3.05) is 6.54 Å². The standard InChI is InChI=1S/C15H18N2O8S3/c18-10-5-6-11(19)17(10)25-13(21)9-3-1-8(2-4-9)7-16-12(20)14(27-15(16)26)28(22,23)24/h8-9,14H,1-7H2,(H,22,23,24). The third-order valence-corrected chi connectivity index (χ3v) is 8.08. The molecule has 3 rings (SSSR count). The van der Waals surface area contributed by atoms with Gasteiger partial charge in [0.25, 0.3) is 27.8 Å². The maximum atomic E-state index is 12.2. The summed E-state index contributed by atoms with van der Waals surface area (Å²) in [4.78, 5) is 53.6. The molecule has 0 aromatic heterocycles. The van der Waals surface area contributed by atoms with Crippen molar-refractivity contribution >= 4 is 62.1 Å². The second kappa shape index (κ2) is 8.05. The quantitative estimate of drug-likeness (QED) is 0.357. The Kier molecular flexibility index (Phi) is 6.08. The number of imide groups is 1. The number of rotatable bonds is 5. The zero-order valence-corrected chi connectivity index (χ0v) is 17.1. The minimum absolute atomic E-state index is 0.00162. The summed E-state index contributed by atoms with van der Waals surface area (Å²) in [5, 5.41) is 0.530. The van der Waals surface area contributed by atoms with E-state index in [0.29, 0.717) is 42.5 Å². The van der Waals surface area contributed by atoms with Gasteiger partial charge in [0.15, 0.2) is 0 Å². The lowest BCUT2D eigenvalue weighted by Gasteiger charge is -2.30. The molecule has 0 aromatic rings. The first-order chi connectivity index (χ1) is 13.1. The number of hydrogen-bond donors (Lipinski definition) is 1. The first-order valence-electron chi connectivity index (χ1n) is 8.64. The van der Waals surface area contributed by atoms with E-state index in [0.717, 1.165) is 0 Å². The lowest BCUT2D eigenvalue weighted by atomic mass is 9.82. The van der Waals surface area contributed by atoms with Gasteiger partial charge in [-0.3, -0.25) is 23.8 Å². The van der Waals surface area contributed by atoms with Crippen LogP contribution in [0.3, 0.4) is 0 Å². The van der Waals surface area contributed by atoms with Gasteiger partial charge >= 0.3 is 5.97 Å². The second-order valence-electron chi connectivity index (χ2n) is 6.89. The van der Waals surface area contributed by atoms with Gasteiger partial charge in [-0.1, -0.05) is 24.0 Å². The summed E-state index contributed by atoms with van der Waals surface area (Å²) in [6, 6.07) is 0. The molecule has 1 N–H and O–H groups in total. The van der Waals surface area contributed by atoms with Gasteiger partial charge in [0, 0.05) is 19.4 Å². The summed E-state index contributed by atoms with van der Waals surface area (Å²) in [5.74, 6) is -2.90. The zero-order valence-electron chi connectivity index (χ0n) is 14.6. The minimum Gasteiger partial charge on any atom is -0.330 e. The van der Waals surface area contributed by atoms with Crippen molar-refractivity contribution in [1.29, 1.82) is 0 Å². The van der Waals surface area contributed by atoms with Crippen LogP contribution in [0, 0.1) is 11.8 Å². The van der Waals surface area contributed by atoms with Gasteiger partial charge in [0.2, 0.25) is 4.58 Å². The highest BCUT2D eigenvalue weighted by molar-refractivity contribution is 8.29. The van der Waals surface area contributed by atoms with E-state index in [1.54, 1.807) is 0 Å². The number of thioether (sulfide) groups is 1. The van der Waals surface area contributed by atoms with Crippen LogP contribution in [0.4, 0.5) is 0 Å². The van der Waals surface area contributed by atoms with Gasteiger partial charge in [-0.15, -0.1) is 5.06 Å². The number of thiocarbonyl (C=S) groups is 1. The van der Waals surface area contributed by atoms with Crippen LogP contribution in [0.5, 0.6) is 0 Å². The van der Waals surface area contributed by atoms with Gasteiger partial charge in [0.1, 0.15) is 4.32 Å². The van der Waals surface area contributed by atoms with E-state index in [4.69, 9.17) is 21.6 Å². The van der Waals surface area contributed by atoms with Crippen molar-refractivity contribution in [3.8, 4) is 0 Å². The predicted octanol–water partition coefficient (Wildman–Crippen LogP) is 0.474. The molecule has 0 radical (unpaired) electrons. The Hall–Kier alpha value is -1.57. The van der Waals surface area contributed by atoms with E-state index < -0.39 is 44.3 Å². The molecule has 0 aromatic carbocycles. The van der Waals surface area contributed by atoms with Gasteiger partial charge < -0.3 is 4.84 Å². The summed E-state index contributed by atoms with van der Waals surface area (Å²) in [7, 11) is -4.54. The number of carbonyl (C=O) groups excluding carboxylic acids is 4. The van der Waals surface area contributed by atoms with Crippen molar-refractivity contribution < 1.29 is 37.0 Å². The van der Waals surface area contributed by atoms with Crippen LogP contribution >= 0.6 is 24.0 Å². The van der Waals surface area contributed by atoms with Crippen LogP contribution < -0.4 is 0 Å². The average Bonchev–Trinajstić information content (AvgIpc) is 3.09. The molecule has 2 aliphatic heterocycles. The smallest absolute Gasteiger partial charge is 0.330 e. The molecule has 2 saturated heterocycles. The molecule has 10 nitrogen and oxygen atoms in total. The highest BCUT2D eigenvalue weighted by atomic mass is 32.3. The zero-order chi connectivity index (χ0) is 20.6. The Morgan fingerprint density at radius 1 is 1.14 bits per heavy atom. The van der Waals surface area contributed by atoms with E-state index in [-0.39, 0.29) is 29.6 Å². The van der Waals surface area contributed by atoms with Crippen molar-refractivity contribution in [2.24, 2.45) is 11.8 Å². The van der Waals surface area contributed by atoms with Crippen molar-refractivity contribution in [3.05, 3.63) is 0 Å². The van der Waals surface area contributed by atoms with Gasteiger partial charge in [-0.2, -0.15) is 8.42 Å². The molecule has 154 valence electrons. The Bertz CT molecular complexity index is 818. The molecule has 28 heavy (non-hydrogen) atoms. The molecular weight excluding hydrogens is 432 g/mol. The minimum atomic E-state index is -4.54. The number of amides is 3. The van der Waals surface area contributed by atoms with E-state index in [9.17, 15) is 27.6 Å². The lowest BCUT2D eigenvalue weighted by Crippen LogP contribution is -2.39. The van der Waals surface area contributed by atoms with Gasteiger partial charge in [0.05, 0.1) is 5.92 Å². The molecule has 3 aliphatic rings. The first-order valence-corrected chi connectivity index (χ1v) is 11.4. The summed E-state index contributed by atoms with van der Waals surface area (Å²) in [6.07, 6.45) is 2.09. The van der Waals surface area contributed by atoms with Crippen molar-refractivity contribution in [2.45, 2.75) is 43.1 Å². The van der Waals surface area contributed by atoms with Crippen LogP contribution in [0.25, 0.3) is 0 Å². The summed E-state index contributed by atoms with van der Waals surface area (Å²) in [6.45, 7) is 0.210. The number of hydroxylamine groups is 2. The highest BCUT2D eigenvalue weighted by Crippen LogP contribution is 2.35. The van der Waals surface area contributed by atoms with Gasteiger partial charge in [-0.05, 0) is 31.6 Å². The molecule has 13 heteroatoms. The Morgan fingerprint density at radius 2 is 1.71 bits per heavy atom. The van der Waals surface area contributed by atoms with E-state index >= 15 is 0 Å². The molecule has 1 atom stereocenters. The van der Waals surface area contributed by atoms with E-state index in [1.165, 1.54) is 4.90 Å². The lowest BCUT2D eigenvalue weighted by molar-refractivity contribution is -0.201. The molecule has 3 amide bonds. The van der Waals surface area contributed by atoms with Crippen molar-refractivity contribution in [3.63, 3.8) is 0 Å². The largest absolute Gasteiger partial charge is 0.336 e. The van der Waals surface area contributed by atoms with E-state index in [2.05, 4.69) is 0 Å². The summed E-state index contributed by atoms with van der Waals surface area (Å²) in [5.41, 5.74) is 0. The van der Waals surface area contributed by atoms with E-state index in [1.807, 2.05) is 0 Å². The molecule has 1 unspecified atom stereocenters. The molecule has 0 spiro atoms. The molecule has 1 aliphatic carbocycles. The average molecular weight is 451 g/mol. The number of nitrogens with zero attached hydrogens (tertiary/aromatic N) is 2. The van der Waals surface area contributed by atoms with Gasteiger partial charge in [-0.25, -0.2) is 4.79 Å². The van der Waals surface area contributed by atoms with Crippen molar-refractivity contribution in [1.82, 2.24) is 9.96 Å². The SMILES string of the molecule is O=C(ON1C(=O)CCC1=O)C1CCC(CN2C(=O)C(S(=O)(=O)O)SC2=S)CC1. The Balaban J connectivity index is 1.51. The Morgan fingerprint density at radius 3 is 2.21 bits per heavy atom. The fraction of sp³-hybridized carbons (Fsp3) is 0.667. The first kappa shape index (κ1) is 21.1. The highest BCUT2D eigenvalue weighted by Gasteiger charge is 2.45. The topological polar surface area (TPSA) is 138 Å². The number of hydrogen-bond acceptors (Lipinski definition) is 9. The fourth-order valence-electron chi connectivity index (χ4n) is 3.44. The monoisotopic (exact) mass is 450 g/mol. The Labute approximate surface area is 170 Å². The molecular formula is C15H18N2O8S3.